The number of unbranched alkanes of at least 4 members (excludes halogenated alkanes) is 2. The molecule has 0 atom stereocenters. The highest BCUT2D eigenvalue weighted by Crippen LogP contribution is 2.35. The van der Waals surface area contributed by atoms with E-state index in [1.54, 1.807) is 0 Å². The predicted octanol–water partition coefficient (Wildman–Crippen LogP) is 4.68. The van der Waals surface area contributed by atoms with Gasteiger partial charge in [0, 0.05) is 23.6 Å². The highest BCUT2D eigenvalue weighted by Gasteiger charge is 2.13. The number of amidine groups is 1. The normalized spacial score (nSPS) is 13.3. The fourth-order valence-corrected chi connectivity index (χ4v) is 2.43. The van der Waals surface area contributed by atoms with Crippen molar-refractivity contribution in [3.8, 4) is 0 Å². The number of nitrogens with one attached hydrogen (secondary N) is 1. The zero-order chi connectivity index (χ0) is 12.4. The molecule has 0 aliphatic carbocycles. The lowest BCUT2D eigenvalue weighted by Gasteiger charge is -2.18. The van der Waals surface area contributed by atoms with Gasteiger partial charge in [0.2, 0.25) is 0 Å². The molecule has 0 spiro atoms. The fourth-order valence-electron chi connectivity index (χ4n) is 2.43. The first-order valence-corrected chi connectivity index (χ1v) is 6.66. The van der Waals surface area contributed by atoms with Crippen LogP contribution in [0.15, 0.2) is 35.3 Å². The topological polar surface area (TPSA) is 24.4 Å². The minimum absolute atomic E-state index is 0.980. The Morgan fingerprint density at radius 1 is 1.22 bits per heavy atom. The van der Waals surface area contributed by atoms with Gasteiger partial charge in [0.05, 0.1) is 5.69 Å². The van der Waals surface area contributed by atoms with E-state index in [4.69, 9.17) is 0 Å². The van der Waals surface area contributed by atoms with Crippen LogP contribution in [0.25, 0.3) is 10.8 Å². The van der Waals surface area contributed by atoms with Crippen molar-refractivity contribution >= 4 is 28.0 Å². The Labute approximate surface area is 108 Å². The number of nitrogens with zero attached hydrogens (tertiary/aromatic N) is 1. The molecule has 0 saturated carbocycles. The molecule has 91 valence electrons. The van der Waals surface area contributed by atoms with E-state index in [2.05, 4.69) is 47.6 Å². The zero-order valence-electron chi connectivity index (χ0n) is 10.7. The maximum absolute atomic E-state index is 4.69. The summed E-state index contributed by atoms with van der Waals surface area (Å²) in [5.74, 6) is 1.07. The van der Waals surface area contributed by atoms with Gasteiger partial charge in [-0.2, -0.15) is 0 Å². The molecule has 2 aromatic rings. The third-order valence-electron chi connectivity index (χ3n) is 3.36. The van der Waals surface area contributed by atoms with Gasteiger partial charge in [0.1, 0.15) is 5.84 Å². The van der Waals surface area contributed by atoms with E-state index >= 15 is 0 Å². The first kappa shape index (κ1) is 11.3. The second-order valence-corrected chi connectivity index (χ2v) is 4.74. The summed E-state index contributed by atoms with van der Waals surface area (Å²) in [7, 11) is 0. The van der Waals surface area contributed by atoms with Crippen LogP contribution >= 0.6 is 0 Å². The van der Waals surface area contributed by atoms with E-state index in [0.717, 1.165) is 17.9 Å². The number of rotatable bonds is 4. The van der Waals surface area contributed by atoms with Gasteiger partial charge in [-0.1, -0.05) is 44.0 Å². The molecule has 2 nitrogen and oxygen atoms in total. The Morgan fingerprint density at radius 2 is 2.17 bits per heavy atom. The lowest BCUT2D eigenvalue weighted by molar-refractivity contribution is 0.741. The molecule has 0 saturated heterocycles. The van der Waals surface area contributed by atoms with Crippen molar-refractivity contribution in [2.24, 2.45) is 4.99 Å². The molecule has 0 fully saturated rings. The molecule has 18 heavy (non-hydrogen) atoms. The van der Waals surface area contributed by atoms with E-state index in [1.807, 2.05) is 6.07 Å². The van der Waals surface area contributed by atoms with E-state index in [0.29, 0.717) is 0 Å². The SMILES string of the molecule is CCCCCC1=Nc2[c]ccc3cccc(c23)N1. The smallest absolute Gasteiger partial charge is 0.107 e. The van der Waals surface area contributed by atoms with Crippen LogP contribution in [-0.2, 0) is 0 Å². The highest BCUT2D eigenvalue weighted by atomic mass is 15.0. The molecule has 1 radical (unpaired) electrons. The zero-order valence-corrected chi connectivity index (χ0v) is 10.7. The molecule has 1 aliphatic rings. The van der Waals surface area contributed by atoms with Crippen LogP contribution in [-0.4, -0.2) is 5.84 Å². The van der Waals surface area contributed by atoms with E-state index in [9.17, 15) is 0 Å². The molecule has 3 rings (SSSR count). The maximum Gasteiger partial charge on any atom is 0.107 e. The van der Waals surface area contributed by atoms with E-state index in [1.165, 1.54) is 35.7 Å². The van der Waals surface area contributed by atoms with E-state index < -0.39 is 0 Å². The van der Waals surface area contributed by atoms with Crippen LogP contribution in [0.3, 0.4) is 0 Å². The highest BCUT2D eigenvalue weighted by molar-refractivity contribution is 6.13. The third-order valence-corrected chi connectivity index (χ3v) is 3.36. The molecule has 1 aliphatic heterocycles. The summed E-state index contributed by atoms with van der Waals surface area (Å²) >= 11 is 0. The molecule has 0 amide bonds. The summed E-state index contributed by atoms with van der Waals surface area (Å²) in [5, 5.41) is 5.87. The van der Waals surface area contributed by atoms with Crippen molar-refractivity contribution in [2.75, 3.05) is 5.32 Å². The van der Waals surface area contributed by atoms with Crippen LogP contribution in [0.2, 0.25) is 0 Å². The van der Waals surface area contributed by atoms with Crippen molar-refractivity contribution in [3.63, 3.8) is 0 Å². The quantitative estimate of drug-likeness (QED) is 0.767. The predicted molar refractivity (Wildman–Crippen MR) is 77.6 cm³/mol. The Morgan fingerprint density at radius 3 is 3.06 bits per heavy atom. The molecule has 2 heteroatoms. The van der Waals surface area contributed by atoms with Gasteiger partial charge in [0.15, 0.2) is 0 Å². The van der Waals surface area contributed by atoms with Crippen molar-refractivity contribution in [2.45, 2.75) is 32.6 Å². The first-order valence-electron chi connectivity index (χ1n) is 6.66. The fraction of sp³-hybridized carbons (Fsp3) is 0.312. The number of aliphatic imine (C=N–C) groups is 1. The van der Waals surface area contributed by atoms with Crippen molar-refractivity contribution in [1.29, 1.82) is 0 Å². The van der Waals surface area contributed by atoms with Crippen LogP contribution in [0.1, 0.15) is 32.6 Å². The van der Waals surface area contributed by atoms with Crippen molar-refractivity contribution < 1.29 is 0 Å². The van der Waals surface area contributed by atoms with Gasteiger partial charge >= 0.3 is 0 Å². The number of hydrogen-bond donors (Lipinski definition) is 1. The second-order valence-electron chi connectivity index (χ2n) is 4.74. The van der Waals surface area contributed by atoms with Gasteiger partial charge in [-0.25, -0.2) is 4.99 Å². The van der Waals surface area contributed by atoms with Crippen LogP contribution in [0, 0.1) is 6.07 Å². The Bertz CT molecular complexity index is 594. The van der Waals surface area contributed by atoms with Crippen molar-refractivity contribution in [3.05, 3.63) is 36.4 Å². The van der Waals surface area contributed by atoms with Crippen molar-refractivity contribution in [1.82, 2.24) is 0 Å². The summed E-state index contributed by atoms with van der Waals surface area (Å²) in [6, 6.07) is 13.6. The minimum Gasteiger partial charge on any atom is -0.343 e. The molecule has 1 N–H and O–H groups in total. The van der Waals surface area contributed by atoms with Crippen LogP contribution in [0.4, 0.5) is 11.4 Å². The number of benzene rings is 2. The Hall–Kier alpha value is -1.83. The van der Waals surface area contributed by atoms with E-state index in [-0.39, 0.29) is 0 Å². The standard InChI is InChI=1S/C16H17N2/c1-2-3-4-11-15-17-13-9-5-7-12-8-6-10-14(18-15)16(12)13/h5-9H,2-4,11H2,1H3,(H,17,18). The summed E-state index contributed by atoms with van der Waals surface area (Å²) in [6.07, 6.45) is 4.72. The summed E-state index contributed by atoms with van der Waals surface area (Å²) in [5.41, 5.74) is 2.15. The third kappa shape index (κ3) is 1.99. The molecule has 0 unspecified atom stereocenters. The molecular weight excluding hydrogens is 220 g/mol. The number of anilines is 1. The summed E-state index contributed by atoms with van der Waals surface area (Å²) < 4.78 is 0. The van der Waals surface area contributed by atoms with Gasteiger partial charge in [0.25, 0.3) is 0 Å². The lowest BCUT2D eigenvalue weighted by Crippen LogP contribution is -2.14. The van der Waals surface area contributed by atoms with Crippen LogP contribution < -0.4 is 5.32 Å². The molecular formula is C16H17N2. The first-order chi connectivity index (χ1) is 8.88. The van der Waals surface area contributed by atoms with Gasteiger partial charge in [-0.3, -0.25) is 0 Å². The Balaban J connectivity index is 1.96. The number of hydrogen-bond acceptors (Lipinski definition) is 2. The molecule has 0 aromatic heterocycles. The average molecular weight is 237 g/mol. The monoisotopic (exact) mass is 237 g/mol. The van der Waals surface area contributed by atoms with Gasteiger partial charge in [-0.15, -0.1) is 0 Å². The largest absolute Gasteiger partial charge is 0.343 e. The molecule has 2 aromatic carbocycles. The summed E-state index contributed by atoms with van der Waals surface area (Å²) in [6.45, 7) is 2.22. The van der Waals surface area contributed by atoms with Crippen LogP contribution in [0.5, 0.6) is 0 Å². The molecule has 0 bridgehead atoms. The van der Waals surface area contributed by atoms with Gasteiger partial charge < -0.3 is 5.32 Å². The lowest BCUT2D eigenvalue weighted by atomic mass is 10.0. The van der Waals surface area contributed by atoms with Gasteiger partial charge in [-0.05, 0) is 17.9 Å². The maximum atomic E-state index is 4.69. The molecule has 1 heterocycles. The summed E-state index contributed by atoms with van der Waals surface area (Å²) in [4.78, 5) is 4.69. The minimum atomic E-state index is 0.980. The Kier molecular flexibility index (Phi) is 3.01. The second kappa shape index (κ2) is 4.81. The average Bonchev–Trinajstić information content (AvgIpc) is 2.40.